The molecule has 132 valence electrons. The summed E-state index contributed by atoms with van der Waals surface area (Å²) in [5.41, 5.74) is 2.30. The van der Waals surface area contributed by atoms with E-state index >= 15 is 0 Å². The fraction of sp³-hybridized carbons (Fsp3) is 0.444. The van der Waals surface area contributed by atoms with Crippen molar-refractivity contribution in [2.75, 3.05) is 0 Å². The molecule has 0 aliphatic heterocycles. The third kappa shape index (κ3) is 3.61. The van der Waals surface area contributed by atoms with Crippen LogP contribution in [0.1, 0.15) is 56.1 Å². The van der Waals surface area contributed by atoms with E-state index in [1.165, 1.54) is 5.56 Å². The largest absolute Gasteiger partial charge is 0.338 e. The van der Waals surface area contributed by atoms with Crippen LogP contribution in [0.2, 0.25) is 0 Å². The second-order valence-electron chi connectivity index (χ2n) is 6.27. The van der Waals surface area contributed by atoms with Gasteiger partial charge in [0.2, 0.25) is 5.89 Å². The van der Waals surface area contributed by atoms with Gasteiger partial charge in [-0.15, -0.1) is 10.2 Å². The number of aromatic nitrogens is 5. The van der Waals surface area contributed by atoms with Crippen LogP contribution in [0.25, 0.3) is 11.4 Å². The first kappa shape index (κ1) is 17.7. The summed E-state index contributed by atoms with van der Waals surface area (Å²) < 4.78 is 7.53. The molecule has 0 saturated carbocycles. The Labute approximate surface area is 152 Å². The third-order valence-electron chi connectivity index (χ3n) is 4.02. The maximum Gasteiger partial charge on any atom is 0.239 e. The van der Waals surface area contributed by atoms with Crippen molar-refractivity contribution in [2.45, 2.75) is 57.5 Å². The Morgan fingerprint density at radius 2 is 1.92 bits per heavy atom. The van der Waals surface area contributed by atoms with E-state index < -0.39 is 0 Å². The predicted molar refractivity (Wildman–Crippen MR) is 98.5 cm³/mol. The number of rotatable bonds is 6. The van der Waals surface area contributed by atoms with E-state index in [9.17, 15) is 0 Å². The number of aryl methyl sites for hydroxylation is 1. The van der Waals surface area contributed by atoms with Crippen molar-refractivity contribution in [2.24, 2.45) is 0 Å². The average Bonchev–Trinajstić information content (AvgIpc) is 3.22. The third-order valence-corrected chi connectivity index (χ3v) is 5.09. The average molecular weight is 357 g/mol. The Kier molecular flexibility index (Phi) is 5.22. The molecular formula is C18H23N5OS. The van der Waals surface area contributed by atoms with Gasteiger partial charge in [-0.25, -0.2) is 0 Å². The molecule has 0 fully saturated rings. The molecule has 0 radical (unpaired) electrons. The fourth-order valence-electron chi connectivity index (χ4n) is 2.54. The Hall–Kier alpha value is -2.15. The molecule has 2 heterocycles. The first-order valence-electron chi connectivity index (χ1n) is 8.50. The van der Waals surface area contributed by atoms with Crippen LogP contribution >= 0.6 is 11.8 Å². The second kappa shape index (κ2) is 7.39. The number of hydrogen-bond donors (Lipinski definition) is 0. The summed E-state index contributed by atoms with van der Waals surface area (Å²) in [5.74, 6) is 2.50. The van der Waals surface area contributed by atoms with Crippen LogP contribution in [0.4, 0.5) is 0 Å². The molecule has 25 heavy (non-hydrogen) atoms. The maximum atomic E-state index is 5.40. The zero-order valence-corrected chi connectivity index (χ0v) is 16.0. The molecule has 6 nitrogen and oxygen atoms in total. The molecule has 0 saturated heterocycles. The highest BCUT2D eigenvalue weighted by Gasteiger charge is 2.21. The minimum absolute atomic E-state index is 0.0132. The number of hydrogen-bond acceptors (Lipinski definition) is 6. The molecule has 0 amide bonds. The number of thioether (sulfide) groups is 1. The predicted octanol–water partition coefficient (Wildman–Crippen LogP) is 4.63. The first-order valence-corrected chi connectivity index (χ1v) is 9.38. The smallest absolute Gasteiger partial charge is 0.239 e. The normalized spacial score (nSPS) is 12.7. The van der Waals surface area contributed by atoms with Gasteiger partial charge in [-0.1, -0.05) is 55.0 Å². The topological polar surface area (TPSA) is 69.6 Å². The molecule has 0 aliphatic rings. The minimum Gasteiger partial charge on any atom is -0.338 e. The lowest BCUT2D eigenvalue weighted by atomic mass is 10.1. The zero-order valence-electron chi connectivity index (χ0n) is 15.2. The highest BCUT2D eigenvalue weighted by Crippen LogP contribution is 2.35. The van der Waals surface area contributed by atoms with Gasteiger partial charge in [0.25, 0.3) is 0 Å². The summed E-state index contributed by atoms with van der Waals surface area (Å²) in [6.45, 7) is 11.1. The van der Waals surface area contributed by atoms with Crippen molar-refractivity contribution < 1.29 is 4.52 Å². The van der Waals surface area contributed by atoms with Crippen LogP contribution in [0.3, 0.4) is 0 Å². The van der Waals surface area contributed by atoms with Crippen LogP contribution < -0.4 is 0 Å². The standard InChI is InChI=1S/C18H23N5OS/c1-6-23-16(14-10-8-7-9-12(14)4)20-21-18(23)25-13(5)17-19-15(11(2)3)22-24-17/h7-11,13H,6H2,1-5H3. The van der Waals surface area contributed by atoms with E-state index in [0.717, 1.165) is 28.9 Å². The van der Waals surface area contributed by atoms with E-state index in [2.05, 4.69) is 64.7 Å². The SMILES string of the molecule is CCn1c(SC(C)c2nc(C(C)C)no2)nnc1-c1ccccc1C. The van der Waals surface area contributed by atoms with Crippen LogP contribution in [0, 0.1) is 6.92 Å². The zero-order chi connectivity index (χ0) is 18.0. The van der Waals surface area contributed by atoms with Gasteiger partial charge >= 0.3 is 0 Å². The van der Waals surface area contributed by atoms with Crippen LogP contribution in [0.5, 0.6) is 0 Å². The van der Waals surface area contributed by atoms with Crippen LogP contribution in [0.15, 0.2) is 33.9 Å². The van der Waals surface area contributed by atoms with Gasteiger partial charge in [-0.3, -0.25) is 0 Å². The fourth-order valence-corrected chi connectivity index (χ4v) is 3.48. The van der Waals surface area contributed by atoms with Gasteiger partial charge in [-0.05, 0) is 26.3 Å². The Morgan fingerprint density at radius 3 is 2.56 bits per heavy atom. The van der Waals surface area contributed by atoms with Gasteiger partial charge in [0, 0.05) is 18.0 Å². The number of nitrogens with zero attached hydrogens (tertiary/aromatic N) is 5. The second-order valence-corrected chi connectivity index (χ2v) is 7.58. The molecule has 1 unspecified atom stereocenters. The van der Waals surface area contributed by atoms with E-state index in [-0.39, 0.29) is 11.2 Å². The molecule has 1 atom stereocenters. The van der Waals surface area contributed by atoms with Crippen molar-refractivity contribution >= 4 is 11.8 Å². The van der Waals surface area contributed by atoms with Crippen molar-refractivity contribution in [3.63, 3.8) is 0 Å². The molecule has 1 aromatic carbocycles. The first-order chi connectivity index (χ1) is 12.0. The highest BCUT2D eigenvalue weighted by molar-refractivity contribution is 7.99. The van der Waals surface area contributed by atoms with Gasteiger partial charge < -0.3 is 9.09 Å². The van der Waals surface area contributed by atoms with Crippen molar-refractivity contribution in [1.82, 2.24) is 24.9 Å². The van der Waals surface area contributed by atoms with Gasteiger partial charge in [0.1, 0.15) is 0 Å². The quantitative estimate of drug-likeness (QED) is 0.599. The molecule has 0 spiro atoms. The van der Waals surface area contributed by atoms with Gasteiger partial charge in [0.15, 0.2) is 16.8 Å². The summed E-state index contributed by atoms with van der Waals surface area (Å²) >= 11 is 1.59. The molecule has 0 bridgehead atoms. The van der Waals surface area contributed by atoms with E-state index in [0.29, 0.717) is 5.89 Å². The lowest BCUT2D eigenvalue weighted by molar-refractivity contribution is 0.373. The summed E-state index contributed by atoms with van der Waals surface area (Å²) in [4.78, 5) is 4.48. The monoisotopic (exact) mass is 357 g/mol. The molecule has 0 N–H and O–H groups in total. The van der Waals surface area contributed by atoms with E-state index in [1.54, 1.807) is 11.8 Å². The van der Waals surface area contributed by atoms with Crippen LogP contribution in [-0.4, -0.2) is 24.9 Å². The van der Waals surface area contributed by atoms with Crippen molar-refractivity contribution in [3.05, 3.63) is 41.5 Å². The summed E-state index contributed by atoms with van der Waals surface area (Å²) in [6, 6.07) is 8.23. The minimum atomic E-state index is 0.0132. The summed E-state index contributed by atoms with van der Waals surface area (Å²) in [7, 11) is 0. The Morgan fingerprint density at radius 1 is 1.16 bits per heavy atom. The van der Waals surface area contributed by atoms with Crippen molar-refractivity contribution in [3.8, 4) is 11.4 Å². The number of benzene rings is 1. The molecule has 2 aromatic heterocycles. The van der Waals surface area contributed by atoms with E-state index in [1.807, 2.05) is 19.1 Å². The molecule has 3 rings (SSSR count). The maximum absolute atomic E-state index is 5.40. The molecule has 3 aromatic rings. The Balaban J connectivity index is 1.87. The molecule has 0 aliphatic carbocycles. The highest BCUT2D eigenvalue weighted by atomic mass is 32.2. The van der Waals surface area contributed by atoms with Gasteiger partial charge in [-0.2, -0.15) is 4.98 Å². The van der Waals surface area contributed by atoms with E-state index in [4.69, 9.17) is 4.52 Å². The van der Waals surface area contributed by atoms with Crippen LogP contribution in [-0.2, 0) is 6.54 Å². The lowest BCUT2D eigenvalue weighted by Crippen LogP contribution is -2.02. The molecule has 7 heteroatoms. The lowest BCUT2D eigenvalue weighted by Gasteiger charge is -2.10. The molecular weight excluding hydrogens is 334 g/mol. The summed E-state index contributed by atoms with van der Waals surface area (Å²) in [5, 5.41) is 13.7. The van der Waals surface area contributed by atoms with Crippen molar-refractivity contribution in [1.29, 1.82) is 0 Å². The Bertz CT molecular complexity index is 855. The van der Waals surface area contributed by atoms with Gasteiger partial charge in [0.05, 0.1) is 5.25 Å². The summed E-state index contributed by atoms with van der Waals surface area (Å²) in [6.07, 6.45) is 0.